The quantitative estimate of drug-likeness (QED) is 0.706. The number of aliphatic hydroxyl groups is 2. The zero-order valence-corrected chi connectivity index (χ0v) is 12.2. The van der Waals surface area contributed by atoms with Gasteiger partial charge in [-0.25, -0.2) is 0 Å². The van der Waals surface area contributed by atoms with Gasteiger partial charge in [-0.2, -0.15) is 0 Å². The highest BCUT2D eigenvalue weighted by Gasteiger charge is 2.29. The van der Waals surface area contributed by atoms with E-state index in [4.69, 9.17) is 10.2 Å². The molecule has 0 aromatic carbocycles. The maximum atomic E-state index is 12.4. The Bertz CT molecular complexity index is 263. The lowest BCUT2D eigenvalue weighted by molar-refractivity contribution is -0.138. The molecule has 0 saturated carbocycles. The monoisotopic (exact) mass is 272 g/mol. The number of nitrogens with zero attached hydrogens (tertiary/aromatic N) is 2. The molecule has 5 nitrogen and oxygen atoms in total. The van der Waals surface area contributed by atoms with Gasteiger partial charge < -0.3 is 15.1 Å². The minimum Gasteiger partial charge on any atom is -0.396 e. The second kappa shape index (κ2) is 8.51. The molecule has 19 heavy (non-hydrogen) atoms. The van der Waals surface area contributed by atoms with E-state index in [1.165, 1.54) is 6.42 Å². The minimum atomic E-state index is 0.0455. The first-order valence-electron chi connectivity index (χ1n) is 7.35. The van der Waals surface area contributed by atoms with Crippen molar-refractivity contribution in [1.29, 1.82) is 0 Å². The summed E-state index contributed by atoms with van der Waals surface area (Å²) in [4.78, 5) is 16.3. The lowest BCUT2D eigenvalue weighted by atomic mass is 9.97. The van der Waals surface area contributed by atoms with Gasteiger partial charge in [-0.1, -0.05) is 0 Å². The second-order valence-corrected chi connectivity index (χ2v) is 5.51. The average Bonchev–Trinajstić information content (AvgIpc) is 2.36. The molecule has 1 saturated heterocycles. The number of hydrogen-bond donors (Lipinski definition) is 2. The average molecular weight is 272 g/mol. The smallest absolute Gasteiger partial charge is 0.237 e. The van der Waals surface area contributed by atoms with Crippen molar-refractivity contribution in [3.63, 3.8) is 0 Å². The van der Waals surface area contributed by atoms with Crippen LogP contribution in [0.4, 0.5) is 0 Å². The van der Waals surface area contributed by atoms with Gasteiger partial charge in [0.2, 0.25) is 5.91 Å². The molecule has 0 spiro atoms. The third kappa shape index (κ3) is 5.09. The van der Waals surface area contributed by atoms with Crippen LogP contribution in [0.3, 0.4) is 0 Å². The van der Waals surface area contributed by atoms with E-state index in [9.17, 15) is 4.79 Å². The molecule has 1 heterocycles. The van der Waals surface area contributed by atoms with Crippen molar-refractivity contribution in [2.45, 2.75) is 51.6 Å². The number of likely N-dealkylation sites (tertiary alicyclic amines) is 1. The van der Waals surface area contributed by atoms with Gasteiger partial charge in [0.25, 0.3) is 0 Å². The van der Waals surface area contributed by atoms with Gasteiger partial charge in [0.15, 0.2) is 0 Å². The van der Waals surface area contributed by atoms with Gasteiger partial charge in [0.05, 0.1) is 13.2 Å². The molecule has 0 aromatic heterocycles. The summed E-state index contributed by atoms with van der Waals surface area (Å²) in [7, 11) is 0. The SMILES string of the molecule is CC1CCCC(C)N1C(=O)CN(CCO)CCCO. The number of carbonyl (C=O) groups excluding carboxylic acids is 1. The summed E-state index contributed by atoms with van der Waals surface area (Å²) < 4.78 is 0. The van der Waals surface area contributed by atoms with E-state index in [1.807, 2.05) is 9.80 Å². The fourth-order valence-corrected chi connectivity index (χ4v) is 2.89. The number of rotatable bonds is 7. The van der Waals surface area contributed by atoms with Crippen LogP contribution >= 0.6 is 0 Å². The Morgan fingerprint density at radius 1 is 1.16 bits per heavy atom. The maximum Gasteiger partial charge on any atom is 0.237 e. The van der Waals surface area contributed by atoms with Crippen LogP contribution in [0.15, 0.2) is 0 Å². The van der Waals surface area contributed by atoms with E-state index < -0.39 is 0 Å². The van der Waals surface area contributed by atoms with Gasteiger partial charge in [-0.15, -0.1) is 0 Å². The number of aliphatic hydroxyl groups excluding tert-OH is 2. The molecule has 2 atom stereocenters. The standard InChI is InChI=1S/C14H28N2O3/c1-12-5-3-6-13(2)16(12)14(19)11-15(8-10-18)7-4-9-17/h12-13,17-18H,3-11H2,1-2H3. The lowest BCUT2D eigenvalue weighted by Gasteiger charge is -2.40. The third-order valence-corrected chi connectivity index (χ3v) is 3.89. The number of carbonyl (C=O) groups is 1. The Balaban J connectivity index is 2.53. The predicted molar refractivity (Wildman–Crippen MR) is 74.8 cm³/mol. The topological polar surface area (TPSA) is 64.0 Å². The molecule has 1 aliphatic rings. The Kier molecular flexibility index (Phi) is 7.34. The van der Waals surface area contributed by atoms with Crippen LogP contribution in [0.5, 0.6) is 0 Å². The summed E-state index contributed by atoms with van der Waals surface area (Å²) in [5.41, 5.74) is 0. The van der Waals surface area contributed by atoms with Gasteiger partial charge in [-0.05, 0) is 39.5 Å². The van der Waals surface area contributed by atoms with Crippen LogP contribution in [0.25, 0.3) is 0 Å². The molecule has 1 amide bonds. The van der Waals surface area contributed by atoms with Crippen LogP contribution in [0, 0.1) is 0 Å². The molecule has 1 rings (SSSR count). The zero-order valence-electron chi connectivity index (χ0n) is 12.2. The fraction of sp³-hybridized carbons (Fsp3) is 0.929. The first-order chi connectivity index (χ1) is 9.10. The first kappa shape index (κ1) is 16.4. The fourth-order valence-electron chi connectivity index (χ4n) is 2.89. The minimum absolute atomic E-state index is 0.0455. The van der Waals surface area contributed by atoms with Crippen LogP contribution in [-0.4, -0.2) is 70.9 Å². The Morgan fingerprint density at radius 2 is 1.79 bits per heavy atom. The molecule has 0 bridgehead atoms. The first-order valence-corrected chi connectivity index (χ1v) is 7.35. The van der Waals surface area contributed by atoms with Crippen molar-refractivity contribution in [1.82, 2.24) is 9.80 Å². The summed E-state index contributed by atoms with van der Waals surface area (Å²) >= 11 is 0. The van der Waals surface area contributed by atoms with Crippen LogP contribution in [-0.2, 0) is 4.79 Å². The van der Waals surface area contributed by atoms with E-state index >= 15 is 0 Å². The number of amides is 1. The second-order valence-electron chi connectivity index (χ2n) is 5.51. The molecule has 0 aliphatic carbocycles. The highest BCUT2D eigenvalue weighted by atomic mass is 16.3. The van der Waals surface area contributed by atoms with Gasteiger partial charge in [0.1, 0.15) is 0 Å². The van der Waals surface area contributed by atoms with Crippen molar-refractivity contribution < 1.29 is 15.0 Å². The molecule has 2 N–H and O–H groups in total. The molecule has 2 unspecified atom stereocenters. The summed E-state index contributed by atoms with van der Waals surface area (Å²) in [6.07, 6.45) is 3.98. The number of piperidine rings is 1. The molecule has 0 aromatic rings. The van der Waals surface area contributed by atoms with Gasteiger partial charge in [-0.3, -0.25) is 9.69 Å². The molecule has 1 fully saturated rings. The molecular formula is C14H28N2O3. The third-order valence-electron chi connectivity index (χ3n) is 3.89. The highest BCUT2D eigenvalue weighted by molar-refractivity contribution is 5.79. The summed E-state index contributed by atoms with van der Waals surface area (Å²) in [5.74, 6) is 0.145. The van der Waals surface area contributed by atoms with Crippen LogP contribution in [0.2, 0.25) is 0 Å². The van der Waals surface area contributed by atoms with Crippen molar-refractivity contribution in [2.24, 2.45) is 0 Å². The van der Waals surface area contributed by atoms with Crippen molar-refractivity contribution >= 4 is 5.91 Å². The normalized spacial score (nSPS) is 23.9. The Labute approximate surface area is 116 Å². The molecule has 5 heteroatoms. The van der Waals surface area contributed by atoms with E-state index in [1.54, 1.807) is 0 Å². The van der Waals surface area contributed by atoms with E-state index in [0.717, 1.165) is 12.8 Å². The zero-order chi connectivity index (χ0) is 14.3. The van der Waals surface area contributed by atoms with Crippen LogP contribution in [0.1, 0.15) is 39.5 Å². The Morgan fingerprint density at radius 3 is 2.32 bits per heavy atom. The van der Waals surface area contributed by atoms with Gasteiger partial charge in [0, 0.05) is 31.8 Å². The highest BCUT2D eigenvalue weighted by Crippen LogP contribution is 2.22. The number of hydrogen-bond acceptors (Lipinski definition) is 4. The predicted octanol–water partition coefficient (Wildman–Crippen LogP) is 0.453. The molecule has 0 radical (unpaired) electrons. The van der Waals surface area contributed by atoms with Crippen molar-refractivity contribution in [3.8, 4) is 0 Å². The Hall–Kier alpha value is -0.650. The maximum absolute atomic E-state index is 12.4. The summed E-state index contributed by atoms with van der Waals surface area (Å²) in [5, 5.41) is 17.9. The summed E-state index contributed by atoms with van der Waals surface area (Å²) in [6, 6.07) is 0.620. The summed E-state index contributed by atoms with van der Waals surface area (Å²) in [6.45, 7) is 5.86. The van der Waals surface area contributed by atoms with E-state index in [2.05, 4.69) is 13.8 Å². The van der Waals surface area contributed by atoms with E-state index in [-0.39, 0.29) is 19.1 Å². The molecule has 112 valence electrons. The molecule has 1 aliphatic heterocycles. The van der Waals surface area contributed by atoms with Gasteiger partial charge >= 0.3 is 0 Å². The largest absolute Gasteiger partial charge is 0.396 e. The van der Waals surface area contributed by atoms with Crippen molar-refractivity contribution in [2.75, 3.05) is 32.8 Å². The van der Waals surface area contributed by atoms with Crippen molar-refractivity contribution in [3.05, 3.63) is 0 Å². The van der Waals surface area contributed by atoms with E-state index in [0.29, 0.717) is 38.1 Å². The lowest BCUT2D eigenvalue weighted by Crippen LogP contribution is -2.51. The van der Waals surface area contributed by atoms with Crippen LogP contribution < -0.4 is 0 Å². The molecular weight excluding hydrogens is 244 g/mol.